The summed E-state index contributed by atoms with van der Waals surface area (Å²) in [6.07, 6.45) is 37.7. The molecular formula is C44H89ClN2O6. The Balaban J connectivity index is 0.0000140. The van der Waals surface area contributed by atoms with Gasteiger partial charge in [-0.3, -0.25) is 0 Å². The quantitative estimate of drug-likeness (QED) is 0.365. The normalized spacial score (nSPS) is 25.7. The van der Waals surface area contributed by atoms with E-state index in [-0.39, 0.29) is 12.4 Å². The van der Waals surface area contributed by atoms with E-state index in [2.05, 4.69) is 5.32 Å². The fourth-order valence-electron chi connectivity index (χ4n) is 7.77. The topological polar surface area (TPSA) is 71.9 Å². The fourth-order valence-corrected chi connectivity index (χ4v) is 7.77. The van der Waals surface area contributed by atoms with Crippen LogP contribution in [0, 0.1) is 0 Å². The van der Waals surface area contributed by atoms with Crippen molar-refractivity contribution in [3.05, 3.63) is 0 Å². The molecule has 318 valence electrons. The molecule has 2 aliphatic rings. The van der Waals surface area contributed by atoms with Crippen molar-refractivity contribution in [3.8, 4) is 0 Å². The highest BCUT2D eigenvalue weighted by atomic mass is 35.5. The zero-order valence-corrected chi connectivity index (χ0v) is 35.6. The molecule has 0 aromatic rings. The second-order valence-electron chi connectivity index (χ2n) is 15.7. The molecule has 1 saturated heterocycles. The summed E-state index contributed by atoms with van der Waals surface area (Å²) >= 11 is 0. The number of ether oxygens (including phenoxy) is 6. The highest BCUT2D eigenvalue weighted by Gasteiger charge is 2.22. The Morgan fingerprint density at radius 1 is 0.283 bits per heavy atom. The molecule has 9 heteroatoms. The molecule has 1 aliphatic carbocycles. The van der Waals surface area contributed by atoms with E-state index in [1.807, 2.05) is 0 Å². The van der Waals surface area contributed by atoms with Crippen LogP contribution in [0.2, 0.25) is 0 Å². The highest BCUT2D eigenvalue weighted by Crippen LogP contribution is 2.17. The van der Waals surface area contributed by atoms with Crippen molar-refractivity contribution in [1.82, 2.24) is 5.32 Å². The second-order valence-corrected chi connectivity index (χ2v) is 15.7. The molecule has 0 radical (unpaired) electrons. The first-order valence-electron chi connectivity index (χ1n) is 23.0. The van der Waals surface area contributed by atoms with Crippen molar-refractivity contribution in [3.63, 3.8) is 0 Å². The first-order valence-corrected chi connectivity index (χ1v) is 23.0. The van der Waals surface area contributed by atoms with E-state index in [4.69, 9.17) is 28.4 Å². The van der Waals surface area contributed by atoms with E-state index in [9.17, 15) is 0 Å². The van der Waals surface area contributed by atoms with Gasteiger partial charge in [-0.05, 0) is 38.5 Å². The van der Waals surface area contributed by atoms with E-state index >= 15 is 0 Å². The third-order valence-corrected chi connectivity index (χ3v) is 11.1. The van der Waals surface area contributed by atoms with Crippen LogP contribution >= 0.6 is 0 Å². The van der Waals surface area contributed by atoms with E-state index in [1.165, 1.54) is 161 Å². The summed E-state index contributed by atoms with van der Waals surface area (Å²) in [5, 5.41) is 3.39. The number of hydrogen-bond acceptors (Lipinski definition) is 7. The summed E-state index contributed by atoms with van der Waals surface area (Å²) in [5.74, 6) is 0. The fraction of sp³-hybridized carbons (Fsp3) is 1.00. The molecule has 1 heterocycles. The van der Waals surface area contributed by atoms with Gasteiger partial charge in [-0.25, -0.2) is 0 Å². The average molecular weight is 778 g/mol. The van der Waals surface area contributed by atoms with Crippen LogP contribution in [0.5, 0.6) is 0 Å². The minimum atomic E-state index is 0. The lowest BCUT2D eigenvalue weighted by molar-refractivity contribution is -0.927. The van der Waals surface area contributed by atoms with Gasteiger partial charge in [-0.2, -0.15) is 0 Å². The van der Waals surface area contributed by atoms with Gasteiger partial charge in [0.2, 0.25) is 0 Å². The summed E-state index contributed by atoms with van der Waals surface area (Å²) in [7, 11) is 0. The minimum Gasteiger partial charge on any atom is -1.00 e. The summed E-state index contributed by atoms with van der Waals surface area (Å²) in [4.78, 5) is 1.68. The van der Waals surface area contributed by atoms with Crippen molar-refractivity contribution >= 4 is 0 Å². The van der Waals surface area contributed by atoms with Gasteiger partial charge >= 0.3 is 0 Å². The molecule has 0 bridgehead atoms. The molecule has 2 fully saturated rings. The van der Waals surface area contributed by atoms with Crippen LogP contribution in [-0.2, 0) is 28.4 Å². The smallest absolute Gasteiger partial charge is 0.101 e. The first kappa shape index (κ1) is 51.0. The summed E-state index contributed by atoms with van der Waals surface area (Å²) < 4.78 is 35.3. The maximum absolute atomic E-state index is 6.14. The van der Waals surface area contributed by atoms with E-state index in [0.29, 0.717) is 58.9 Å². The maximum Gasteiger partial charge on any atom is 0.101 e. The van der Waals surface area contributed by atoms with Crippen LogP contribution in [0.15, 0.2) is 0 Å². The molecule has 0 spiro atoms. The zero-order chi connectivity index (χ0) is 36.5. The molecule has 1 atom stereocenters. The van der Waals surface area contributed by atoms with Crippen LogP contribution in [0.1, 0.15) is 173 Å². The molecule has 1 saturated carbocycles. The number of rotatable bonds is 1. The molecular weight excluding hydrogens is 688 g/mol. The van der Waals surface area contributed by atoms with E-state index < -0.39 is 0 Å². The number of quaternary nitrogens is 1. The third kappa shape index (κ3) is 36.1. The van der Waals surface area contributed by atoms with Crippen molar-refractivity contribution in [2.75, 3.05) is 105 Å². The molecule has 0 aromatic heterocycles. The monoisotopic (exact) mass is 777 g/mol. The number of hydrogen-bond donors (Lipinski definition) is 2. The number of halogens is 1. The average Bonchev–Trinajstić information content (AvgIpc) is 3.15. The van der Waals surface area contributed by atoms with Crippen LogP contribution in [-0.4, -0.2) is 112 Å². The second kappa shape index (κ2) is 43.1. The van der Waals surface area contributed by atoms with Crippen molar-refractivity contribution in [2.45, 2.75) is 179 Å². The van der Waals surface area contributed by atoms with Gasteiger partial charge in [0.05, 0.1) is 72.1 Å². The van der Waals surface area contributed by atoms with Gasteiger partial charge in [0.1, 0.15) is 13.1 Å². The van der Waals surface area contributed by atoms with Crippen LogP contribution in [0.25, 0.3) is 0 Å². The van der Waals surface area contributed by atoms with Crippen LogP contribution < -0.4 is 22.6 Å². The lowest BCUT2D eigenvalue weighted by Crippen LogP contribution is -3.16. The molecule has 1 aliphatic heterocycles. The SMILES string of the molecule is C1CCCCCCCCCCCCC([NH+]2CCOCCOCCCCOCCOCCNCCOCCOCC2)CCCCCCCCCCCC1.[Cl-]. The molecule has 53 heavy (non-hydrogen) atoms. The Morgan fingerprint density at radius 2 is 0.547 bits per heavy atom. The van der Waals surface area contributed by atoms with Crippen molar-refractivity contribution < 1.29 is 45.7 Å². The summed E-state index contributed by atoms with van der Waals surface area (Å²) in [5.41, 5.74) is 0. The lowest BCUT2D eigenvalue weighted by atomic mass is 9.98. The van der Waals surface area contributed by atoms with Crippen LogP contribution in [0.3, 0.4) is 0 Å². The Kier molecular flexibility index (Phi) is 41.5. The summed E-state index contributed by atoms with van der Waals surface area (Å²) in [6.45, 7) is 12.2. The largest absolute Gasteiger partial charge is 1.00 e. The van der Waals surface area contributed by atoms with E-state index in [0.717, 1.165) is 65.4 Å². The summed E-state index contributed by atoms with van der Waals surface area (Å²) in [6, 6.07) is 0.697. The van der Waals surface area contributed by atoms with Crippen molar-refractivity contribution in [2.24, 2.45) is 0 Å². The third-order valence-electron chi connectivity index (χ3n) is 11.1. The maximum atomic E-state index is 6.14. The van der Waals surface area contributed by atoms with Gasteiger partial charge in [-0.15, -0.1) is 0 Å². The molecule has 1 unspecified atom stereocenters. The molecule has 0 amide bonds. The minimum absolute atomic E-state index is 0. The Hall–Kier alpha value is -0.0300. The van der Waals surface area contributed by atoms with Gasteiger partial charge in [0, 0.05) is 26.3 Å². The Labute approximate surface area is 335 Å². The molecule has 0 aromatic carbocycles. The van der Waals surface area contributed by atoms with Crippen molar-refractivity contribution in [1.29, 1.82) is 0 Å². The molecule has 2 rings (SSSR count). The Bertz CT molecular complexity index is 588. The van der Waals surface area contributed by atoms with Gasteiger partial charge < -0.3 is 51.0 Å². The number of nitrogens with one attached hydrogen (secondary N) is 2. The zero-order valence-electron chi connectivity index (χ0n) is 34.8. The lowest BCUT2D eigenvalue weighted by Gasteiger charge is -2.29. The molecule has 8 nitrogen and oxygen atoms in total. The van der Waals surface area contributed by atoms with Crippen LogP contribution in [0.4, 0.5) is 0 Å². The Morgan fingerprint density at radius 3 is 0.868 bits per heavy atom. The highest BCUT2D eigenvalue weighted by molar-refractivity contribution is 4.61. The predicted molar refractivity (Wildman–Crippen MR) is 217 cm³/mol. The predicted octanol–water partition coefficient (Wildman–Crippen LogP) is 5.49. The standard InChI is InChI=1S/C44H88N2O6.ClH/c1-2-4-6-8-10-12-14-16-18-20-22-26-44(27-23-21-19-17-15-13-11-9-7-5-3-1)46-30-36-51-42-39-48-33-25-24-32-47-38-40-49-34-28-45-29-35-50-41-43-52-37-31-46;/h44-45H,1-43H2;1H. The van der Waals surface area contributed by atoms with Gasteiger partial charge in [0.25, 0.3) is 0 Å². The first-order chi connectivity index (χ1) is 26.0. The van der Waals surface area contributed by atoms with Gasteiger partial charge in [-0.1, -0.05) is 135 Å². The molecule has 2 N–H and O–H groups in total. The van der Waals surface area contributed by atoms with E-state index in [1.54, 1.807) is 4.90 Å². The van der Waals surface area contributed by atoms with Gasteiger partial charge in [0.15, 0.2) is 0 Å².